The van der Waals surface area contributed by atoms with Crippen molar-refractivity contribution in [1.29, 1.82) is 0 Å². The van der Waals surface area contributed by atoms with Crippen molar-refractivity contribution in [1.82, 2.24) is 0 Å². The van der Waals surface area contributed by atoms with Gasteiger partial charge >= 0.3 is 0 Å². The molecule has 0 heterocycles. The predicted octanol–water partition coefficient (Wildman–Crippen LogP) is 3.52. The molecule has 94 valence electrons. The molecule has 0 radical (unpaired) electrons. The van der Waals surface area contributed by atoms with Crippen LogP contribution < -0.4 is 5.73 Å². The van der Waals surface area contributed by atoms with Gasteiger partial charge < -0.3 is 10.8 Å². The number of rotatable bonds is 2. The van der Waals surface area contributed by atoms with Crippen molar-refractivity contribution in [2.24, 2.45) is 0 Å². The summed E-state index contributed by atoms with van der Waals surface area (Å²) in [5, 5.41) is 9.86. The Labute approximate surface area is 114 Å². The van der Waals surface area contributed by atoms with E-state index in [2.05, 4.69) is 5.73 Å². The standard InChI is InChI=1S/C13H11ClFNOS/c1-7-2-8(14)3-12(15)13(7)18-11-5-9(16)4-10(17)6-11/h2-6,17H,16H2,1H3/p+1. The van der Waals surface area contributed by atoms with Gasteiger partial charge in [-0.25, -0.2) is 4.39 Å². The Kier molecular flexibility index (Phi) is 3.80. The Morgan fingerprint density at radius 2 is 1.94 bits per heavy atom. The first-order valence-electron chi connectivity index (χ1n) is 5.25. The van der Waals surface area contributed by atoms with E-state index in [1.165, 1.54) is 17.8 Å². The Bertz CT molecular complexity index is 560. The number of halogens is 2. The van der Waals surface area contributed by atoms with Crippen molar-refractivity contribution in [2.45, 2.75) is 16.7 Å². The molecule has 0 atom stereocenters. The topological polar surface area (TPSA) is 47.9 Å². The molecule has 0 saturated carbocycles. The predicted molar refractivity (Wildman–Crippen MR) is 70.9 cm³/mol. The maximum Gasteiger partial charge on any atom is 0.138 e. The van der Waals surface area contributed by atoms with Crippen LogP contribution in [0.5, 0.6) is 5.75 Å². The average molecular weight is 285 g/mol. The van der Waals surface area contributed by atoms with Gasteiger partial charge in [-0.15, -0.1) is 0 Å². The molecule has 2 aromatic rings. The van der Waals surface area contributed by atoms with Crippen LogP contribution in [0.1, 0.15) is 5.56 Å². The normalized spacial score (nSPS) is 10.7. The number of hydrogen-bond donors (Lipinski definition) is 2. The van der Waals surface area contributed by atoms with Gasteiger partial charge in [0.1, 0.15) is 17.3 Å². The van der Waals surface area contributed by atoms with Gasteiger partial charge in [-0.3, -0.25) is 0 Å². The molecule has 0 saturated heterocycles. The van der Waals surface area contributed by atoms with Crippen LogP contribution in [0.3, 0.4) is 0 Å². The zero-order chi connectivity index (χ0) is 13.3. The molecule has 2 nitrogen and oxygen atoms in total. The van der Waals surface area contributed by atoms with E-state index < -0.39 is 0 Å². The van der Waals surface area contributed by atoms with Crippen molar-refractivity contribution >= 4 is 29.1 Å². The molecule has 2 rings (SSSR count). The summed E-state index contributed by atoms with van der Waals surface area (Å²) < 4.78 is 13.8. The third-order valence-corrected chi connectivity index (χ3v) is 3.78. The van der Waals surface area contributed by atoms with Crippen LogP contribution in [0.25, 0.3) is 0 Å². The van der Waals surface area contributed by atoms with Gasteiger partial charge in [0.05, 0.1) is 4.90 Å². The van der Waals surface area contributed by atoms with Crippen LogP contribution in [0.4, 0.5) is 10.1 Å². The van der Waals surface area contributed by atoms with E-state index in [1.54, 1.807) is 31.2 Å². The molecule has 18 heavy (non-hydrogen) atoms. The molecular formula is C13H12ClFNOS+. The van der Waals surface area contributed by atoms with Crippen molar-refractivity contribution in [2.75, 3.05) is 0 Å². The number of phenolic OH excluding ortho intramolecular Hbond substituents is 1. The summed E-state index contributed by atoms with van der Waals surface area (Å²) >= 11 is 7.02. The van der Waals surface area contributed by atoms with Crippen LogP contribution in [-0.4, -0.2) is 5.11 Å². The molecule has 5 heteroatoms. The van der Waals surface area contributed by atoms with Gasteiger partial charge in [-0.2, -0.15) is 0 Å². The van der Waals surface area contributed by atoms with Crippen molar-refractivity contribution in [3.8, 4) is 5.75 Å². The number of aromatic hydroxyl groups is 1. The second-order valence-corrected chi connectivity index (χ2v) is 5.49. The summed E-state index contributed by atoms with van der Waals surface area (Å²) in [5.41, 5.74) is 5.20. The first-order valence-corrected chi connectivity index (χ1v) is 6.44. The molecule has 0 amide bonds. The lowest BCUT2D eigenvalue weighted by Crippen LogP contribution is -2.39. The highest BCUT2D eigenvalue weighted by atomic mass is 35.5. The lowest BCUT2D eigenvalue weighted by Gasteiger charge is -2.08. The van der Waals surface area contributed by atoms with Crippen molar-refractivity contribution in [3.63, 3.8) is 0 Å². The molecule has 0 aliphatic carbocycles. The highest BCUT2D eigenvalue weighted by Crippen LogP contribution is 2.36. The summed E-state index contributed by atoms with van der Waals surface area (Å²) in [6.07, 6.45) is 0. The maximum absolute atomic E-state index is 13.8. The number of quaternary nitrogens is 1. The minimum absolute atomic E-state index is 0.122. The molecule has 0 aliphatic heterocycles. The van der Waals surface area contributed by atoms with Crippen molar-refractivity contribution < 1.29 is 15.2 Å². The van der Waals surface area contributed by atoms with Crippen LogP contribution >= 0.6 is 23.4 Å². The fraction of sp³-hybridized carbons (Fsp3) is 0.0769. The zero-order valence-corrected chi connectivity index (χ0v) is 11.3. The second kappa shape index (κ2) is 5.18. The van der Waals surface area contributed by atoms with E-state index >= 15 is 0 Å². The Morgan fingerprint density at radius 1 is 1.22 bits per heavy atom. The molecule has 0 spiro atoms. The third kappa shape index (κ3) is 2.96. The van der Waals surface area contributed by atoms with E-state index in [0.717, 1.165) is 10.5 Å². The van der Waals surface area contributed by atoms with Crippen LogP contribution in [0.15, 0.2) is 40.1 Å². The van der Waals surface area contributed by atoms with Gasteiger partial charge in [0, 0.05) is 22.1 Å². The summed E-state index contributed by atoms with van der Waals surface area (Å²) in [6, 6.07) is 7.91. The highest BCUT2D eigenvalue weighted by Gasteiger charge is 2.11. The molecule has 0 unspecified atom stereocenters. The van der Waals surface area contributed by atoms with Crippen LogP contribution in [0.2, 0.25) is 5.02 Å². The summed E-state index contributed by atoms with van der Waals surface area (Å²) in [4.78, 5) is 1.24. The first kappa shape index (κ1) is 13.2. The molecule has 0 aliphatic rings. The first-order chi connectivity index (χ1) is 8.45. The van der Waals surface area contributed by atoms with E-state index in [9.17, 15) is 9.50 Å². The smallest absolute Gasteiger partial charge is 0.138 e. The minimum atomic E-state index is -0.362. The number of hydrogen-bond acceptors (Lipinski definition) is 2. The van der Waals surface area contributed by atoms with Gasteiger partial charge in [-0.05, 0) is 30.7 Å². The molecule has 2 aromatic carbocycles. The third-order valence-electron chi connectivity index (χ3n) is 2.37. The van der Waals surface area contributed by atoms with Gasteiger partial charge in [0.15, 0.2) is 0 Å². The maximum atomic E-state index is 13.8. The summed E-state index contributed by atoms with van der Waals surface area (Å²) in [5.74, 6) is -0.240. The fourth-order valence-electron chi connectivity index (χ4n) is 1.64. The van der Waals surface area contributed by atoms with Crippen LogP contribution in [-0.2, 0) is 0 Å². The fourth-order valence-corrected chi connectivity index (χ4v) is 2.90. The van der Waals surface area contributed by atoms with Gasteiger partial charge in [0.2, 0.25) is 0 Å². The van der Waals surface area contributed by atoms with E-state index in [-0.39, 0.29) is 11.6 Å². The molecule has 0 bridgehead atoms. The number of aryl methyl sites for hydroxylation is 1. The lowest BCUT2D eigenvalue weighted by atomic mass is 10.2. The highest BCUT2D eigenvalue weighted by molar-refractivity contribution is 7.99. The van der Waals surface area contributed by atoms with E-state index in [4.69, 9.17) is 11.6 Å². The minimum Gasteiger partial charge on any atom is -0.508 e. The molecule has 0 fully saturated rings. The Morgan fingerprint density at radius 3 is 2.56 bits per heavy atom. The summed E-state index contributed by atoms with van der Waals surface area (Å²) in [6.45, 7) is 1.80. The Hall–Kier alpha value is -1.23. The molecular weight excluding hydrogens is 273 g/mol. The number of benzene rings is 2. The average Bonchev–Trinajstić information content (AvgIpc) is 2.22. The van der Waals surface area contributed by atoms with E-state index in [1.807, 2.05) is 0 Å². The largest absolute Gasteiger partial charge is 0.508 e. The number of phenols is 1. The zero-order valence-electron chi connectivity index (χ0n) is 9.71. The summed E-state index contributed by atoms with van der Waals surface area (Å²) in [7, 11) is 0. The molecule has 0 aromatic heterocycles. The molecule has 4 N–H and O–H groups in total. The van der Waals surface area contributed by atoms with Gasteiger partial charge in [-0.1, -0.05) is 23.4 Å². The van der Waals surface area contributed by atoms with E-state index in [0.29, 0.717) is 15.6 Å². The monoisotopic (exact) mass is 284 g/mol. The quantitative estimate of drug-likeness (QED) is 0.886. The SMILES string of the molecule is Cc1cc(Cl)cc(F)c1Sc1cc([NH3+])cc(O)c1. The van der Waals surface area contributed by atoms with Gasteiger partial charge in [0.25, 0.3) is 0 Å². The van der Waals surface area contributed by atoms with Crippen molar-refractivity contribution in [3.05, 3.63) is 46.7 Å². The lowest BCUT2D eigenvalue weighted by molar-refractivity contribution is -0.255. The Balaban J connectivity index is 2.40. The second-order valence-electron chi connectivity index (χ2n) is 3.97. The van der Waals surface area contributed by atoms with Crippen LogP contribution in [0, 0.1) is 12.7 Å².